The van der Waals surface area contributed by atoms with Gasteiger partial charge in [-0.3, -0.25) is 0 Å². The van der Waals surface area contributed by atoms with Gasteiger partial charge in [-0.2, -0.15) is 57.1 Å². The first-order valence-electron chi connectivity index (χ1n) is 6.28. The number of halogens is 13. The number of aromatic amines is 1. The highest BCUT2D eigenvalue weighted by atomic mass is 19.4. The molecule has 0 fully saturated rings. The lowest BCUT2D eigenvalue weighted by Crippen LogP contribution is -2.69. The molecule has 152 valence electrons. The minimum atomic E-state index is -7.88. The predicted octanol–water partition coefficient (Wildman–Crippen LogP) is 5.83. The molecule has 0 radical (unpaired) electrons. The van der Waals surface area contributed by atoms with Gasteiger partial charge in [0.15, 0.2) is 0 Å². The molecule has 0 atom stereocenters. The number of hydrogen-bond acceptors (Lipinski definition) is 0. The first-order valence-corrected chi connectivity index (χ1v) is 6.28. The van der Waals surface area contributed by atoms with E-state index in [0.717, 1.165) is 6.92 Å². The number of H-pyrrole nitrogens is 1. The normalized spacial score (nSPS) is 15.5. The zero-order chi connectivity index (χ0) is 21.1. The van der Waals surface area contributed by atoms with E-state index in [1.807, 2.05) is 4.98 Å². The molecule has 1 rings (SSSR count). The second kappa shape index (κ2) is 5.68. The standard InChI is InChI=1S/C12H8F13N/c1-4-3-6(5(2)26-4)7(13,14)8(15,16)9(17,18)10(19,20)11(21,22)12(23,24)25/h3,26H,1-2H3. The highest BCUT2D eigenvalue weighted by molar-refractivity contribution is 5.32. The number of nitrogens with one attached hydrogen (secondary N) is 1. The summed E-state index contributed by atoms with van der Waals surface area (Å²) in [6.45, 7) is 1.63. The van der Waals surface area contributed by atoms with Crippen LogP contribution < -0.4 is 0 Å². The molecule has 0 aromatic carbocycles. The number of rotatable bonds is 5. The first kappa shape index (κ1) is 22.4. The molecule has 0 aliphatic heterocycles. The third kappa shape index (κ3) is 2.71. The summed E-state index contributed by atoms with van der Waals surface area (Å²) in [7, 11) is 0. The molecule has 0 amide bonds. The summed E-state index contributed by atoms with van der Waals surface area (Å²) < 4.78 is 169. The van der Waals surface area contributed by atoms with Gasteiger partial charge in [0.05, 0.1) is 0 Å². The minimum absolute atomic E-state index is 0.138. The van der Waals surface area contributed by atoms with Crippen LogP contribution in [0.5, 0.6) is 0 Å². The van der Waals surface area contributed by atoms with Crippen LogP contribution >= 0.6 is 0 Å². The van der Waals surface area contributed by atoms with E-state index < -0.39 is 47.0 Å². The van der Waals surface area contributed by atoms with Crippen molar-refractivity contribution >= 4 is 0 Å². The van der Waals surface area contributed by atoms with Crippen molar-refractivity contribution in [3.8, 4) is 0 Å². The zero-order valence-corrected chi connectivity index (χ0v) is 12.5. The van der Waals surface area contributed by atoms with Gasteiger partial charge in [0.1, 0.15) is 0 Å². The largest absolute Gasteiger partial charge is 0.460 e. The molecule has 0 aliphatic carbocycles. The predicted molar refractivity (Wildman–Crippen MR) is 60.0 cm³/mol. The summed E-state index contributed by atoms with van der Waals surface area (Å²) in [5, 5.41) is 0. The van der Waals surface area contributed by atoms with E-state index in [0.29, 0.717) is 6.92 Å². The van der Waals surface area contributed by atoms with Crippen LogP contribution in [0.15, 0.2) is 6.07 Å². The average Bonchev–Trinajstić information content (AvgIpc) is 2.76. The van der Waals surface area contributed by atoms with Crippen molar-refractivity contribution in [3.05, 3.63) is 23.0 Å². The van der Waals surface area contributed by atoms with Crippen molar-refractivity contribution in [2.45, 2.75) is 49.6 Å². The van der Waals surface area contributed by atoms with Crippen molar-refractivity contribution in [2.75, 3.05) is 0 Å². The van der Waals surface area contributed by atoms with Crippen LogP contribution in [0, 0.1) is 13.8 Å². The molecule has 0 spiro atoms. The van der Waals surface area contributed by atoms with Crippen LogP contribution in [-0.4, -0.2) is 34.9 Å². The Kier molecular flexibility index (Phi) is 4.90. The SMILES string of the molecule is Cc1cc(C(F)(F)C(F)(F)C(F)(F)C(F)(F)C(F)(F)C(F)(F)F)c(C)[nH]1. The van der Waals surface area contributed by atoms with Crippen molar-refractivity contribution in [1.29, 1.82) is 0 Å². The van der Waals surface area contributed by atoms with Crippen LogP contribution in [0.3, 0.4) is 0 Å². The summed E-state index contributed by atoms with van der Waals surface area (Å²) >= 11 is 0. The van der Waals surface area contributed by atoms with Crippen LogP contribution in [-0.2, 0) is 5.92 Å². The molecular formula is C12H8F13N. The Morgan fingerprint density at radius 3 is 1.31 bits per heavy atom. The topological polar surface area (TPSA) is 15.8 Å². The van der Waals surface area contributed by atoms with E-state index in [9.17, 15) is 57.1 Å². The molecule has 1 heterocycles. The highest BCUT2D eigenvalue weighted by Crippen LogP contribution is 2.62. The third-order valence-electron chi connectivity index (χ3n) is 3.42. The molecule has 0 bridgehead atoms. The van der Waals surface area contributed by atoms with Crippen molar-refractivity contribution in [3.63, 3.8) is 0 Å². The summed E-state index contributed by atoms with van der Waals surface area (Å²) in [5.41, 5.74) is -3.19. The van der Waals surface area contributed by atoms with E-state index in [1.165, 1.54) is 0 Å². The Labute approximate surface area is 136 Å². The Morgan fingerprint density at radius 2 is 1.00 bits per heavy atom. The van der Waals surface area contributed by atoms with E-state index in [4.69, 9.17) is 0 Å². The molecule has 26 heavy (non-hydrogen) atoms. The van der Waals surface area contributed by atoms with Gasteiger partial charge in [0, 0.05) is 17.0 Å². The molecule has 1 nitrogen and oxygen atoms in total. The van der Waals surface area contributed by atoms with Crippen LogP contribution in [0.2, 0.25) is 0 Å². The Bertz CT molecular complexity index is 667. The molecule has 1 N–H and O–H groups in total. The van der Waals surface area contributed by atoms with Gasteiger partial charge in [-0.05, 0) is 19.9 Å². The summed E-state index contributed by atoms with van der Waals surface area (Å²) in [5.74, 6) is -36.9. The maximum atomic E-state index is 13.8. The fraction of sp³-hybridized carbons (Fsp3) is 0.667. The van der Waals surface area contributed by atoms with E-state index in [2.05, 4.69) is 0 Å². The summed E-state index contributed by atoms with van der Waals surface area (Å²) in [6, 6.07) is 0.138. The molecule has 0 saturated heterocycles. The molecule has 14 heteroatoms. The van der Waals surface area contributed by atoms with Crippen LogP contribution in [0.25, 0.3) is 0 Å². The lowest BCUT2D eigenvalue weighted by molar-refractivity contribution is -0.441. The second-order valence-corrected chi connectivity index (χ2v) is 5.36. The molecule has 0 unspecified atom stereocenters. The lowest BCUT2D eigenvalue weighted by atomic mass is 9.90. The van der Waals surface area contributed by atoms with Crippen molar-refractivity contribution < 1.29 is 57.1 Å². The van der Waals surface area contributed by atoms with Crippen molar-refractivity contribution in [2.24, 2.45) is 0 Å². The van der Waals surface area contributed by atoms with E-state index >= 15 is 0 Å². The maximum Gasteiger partial charge on any atom is 0.460 e. The number of aryl methyl sites for hydroxylation is 2. The van der Waals surface area contributed by atoms with Crippen molar-refractivity contribution in [1.82, 2.24) is 4.98 Å². The van der Waals surface area contributed by atoms with Gasteiger partial charge in [0.25, 0.3) is 0 Å². The summed E-state index contributed by atoms with van der Waals surface area (Å²) in [4.78, 5) is 1.96. The molecule has 1 aromatic heterocycles. The van der Waals surface area contributed by atoms with Gasteiger partial charge in [-0.1, -0.05) is 0 Å². The monoisotopic (exact) mass is 413 g/mol. The number of alkyl halides is 13. The molecular weight excluding hydrogens is 405 g/mol. The van der Waals surface area contributed by atoms with Crippen LogP contribution in [0.1, 0.15) is 17.0 Å². The molecule has 0 aliphatic rings. The average molecular weight is 413 g/mol. The lowest BCUT2D eigenvalue weighted by Gasteiger charge is -2.39. The second-order valence-electron chi connectivity index (χ2n) is 5.36. The van der Waals surface area contributed by atoms with Crippen LogP contribution in [0.4, 0.5) is 57.1 Å². The Morgan fingerprint density at radius 1 is 0.615 bits per heavy atom. The third-order valence-corrected chi connectivity index (χ3v) is 3.42. The minimum Gasteiger partial charge on any atom is -0.362 e. The fourth-order valence-corrected chi connectivity index (χ4v) is 1.99. The first-order chi connectivity index (χ1) is 11.2. The Hall–Kier alpha value is -1.63. The zero-order valence-electron chi connectivity index (χ0n) is 12.5. The van der Waals surface area contributed by atoms with E-state index in [1.54, 1.807) is 0 Å². The Balaban J connectivity index is 3.60. The number of aromatic nitrogens is 1. The highest BCUT2D eigenvalue weighted by Gasteiger charge is 2.91. The number of hydrogen-bond donors (Lipinski definition) is 1. The van der Waals surface area contributed by atoms with Gasteiger partial charge in [0.2, 0.25) is 0 Å². The molecule has 0 saturated carbocycles. The molecule has 1 aromatic rings. The smallest absolute Gasteiger partial charge is 0.362 e. The maximum absolute atomic E-state index is 13.8. The summed E-state index contributed by atoms with van der Waals surface area (Å²) in [6.07, 6.45) is -7.41. The quantitative estimate of drug-likeness (QED) is 0.585. The van der Waals surface area contributed by atoms with Gasteiger partial charge >= 0.3 is 35.8 Å². The van der Waals surface area contributed by atoms with Gasteiger partial charge in [-0.25, -0.2) is 0 Å². The van der Waals surface area contributed by atoms with Gasteiger partial charge in [-0.15, -0.1) is 0 Å². The van der Waals surface area contributed by atoms with Gasteiger partial charge < -0.3 is 4.98 Å². The van der Waals surface area contributed by atoms with E-state index in [-0.39, 0.29) is 11.8 Å². The fourth-order valence-electron chi connectivity index (χ4n) is 1.99.